The van der Waals surface area contributed by atoms with Gasteiger partial charge in [0.25, 0.3) is 0 Å². The van der Waals surface area contributed by atoms with Crippen LogP contribution in [0.15, 0.2) is 42.6 Å². The minimum absolute atomic E-state index is 0.202. The minimum Gasteiger partial charge on any atom is -0.496 e. The molecule has 164 valence electrons. The maximum absolute atomic E-state index is 6.46. The average Bonchev–Trinajstić information content (AvgIpc) is 3.23. The Balaban J connectivity index is 1.65. The maximum atomic E-state index is 6.46. The minimum atomic E-state index is -0.202. The van der Waals surface area contributed by atoms with Gasteiger partial charge in [-0.3, -0.25) is 9.47 Å². The van der Waals surface area contributed by atoms with E-state index in [-0.39, 0.29) is 11.2 Å². The van der Waals surface area contributed by atoms with Crippen LogP contribution in [0.5, 0.6) is 11.5 Å². The second-order valence-electron chi connectivity index (χ2n) is 7.79. The molecule has 1 atom stereocenters. The molecule has 32 heavy (non-hydrogen) atoms. The molecule has 4 aromatic rings. The van der Waals surface area contributed by atoms with E-state index < -0.39 is 0 Å². The summed E-state index contributed by atoms with van der Waals surface area (Å²) in [7, 11) is 5.32. The monoisotopic (exact) mass is 450 g/mol. The van der Waals surface area contributed by atoms with Gasteiger partial charge in [-0.25, -0.2) is 4.98 Å². The van der Waals surface area contributed by atoms with Crippen LogP contribution in [0.25, 0.3) is 16.7 Å². The van der Waals surface area contributed by atoms with Crippen LogP contribution in [0.4, 0.5) is 5.69 Å². The number of anilines is 1. The second kappa shape index (κ2) is 7.96. The quantitative estimate of drug-likeness (QED) is 0.474. The van der Waals surface area contributed by atoms with Crippen molar-refractivity contribution in [2.45, 2.75) is 12.5 Å². The molecule has 0 fully saturated rings. The molecule has 0 aliphatic carbocycles. The SMILES string of the molecule is COc1cc2c(cc1N)C(c1nnc(Cl)c(-n3ccc4c(OC)cccc43)n1)N(C)CC2. The molecule has 2 N–H and O–H groups in total. The van der Waals surface area contributed by atoms with E-state index in [2.05, 4.69) is 15.1 Å². The predicted octanol–water partition coefficient (Wildman–Crippen LogP) is 3.65. The first-order chi connectivity index (χ1) is 15.5. The first kappa shape index (κ1) is 20.5. The predicted molar refractivity (Wildman–Crippen MR) is 124 cm³/mol. The third kappa shape index (κ3) is 3.23. The summed E-state index contributed by atoms with van der Waals surface area (Å²) >= 11 is 6.46. The van der Waals surface area contributed by atoms with Gasteiger partial charge in [0.2, 0.25) is 0 Å². The van der Waals surface area contributed by atoms with Crippen LogP contribution in [-0.2, 0) is 6.42 Å². The highest BCUT2D eigenvalue weighted by molar-refractivity contribution is 6.30. The van der Waals surface area contributed by atoms with E-state index in [1.165, 1.54) is 0 Å². The van der Waals surface area contributed by atoms with E-state index in [0.29, 0.717) is 23.1 Å². The molecule has 5 rings (SSSR count). The Hall–Kier alpha value is -3.36. The molecule has 0 amide bonds. The van der Waals surface area contributed by atoms with Gasteiger partial charge in [-0.15, -0.1) is 10.2 Å². The number of nitrogen functional groups attached to an aromatic ring is 1. The van der Waals surface area contributed by atoms with Gasteiger partial charge in [-0.05, 0) is 54.9 Å². The fourth-order valence-electron chi connectivity index (χ4n) is 4.39. The van der Waals surface area contributed by atoms with Crippen molar-refractivity contribution in [3.05, 3.63) is 64.7 Å². The van der Waals surface area contributed by atoms with E-state index in [0.717, 1.165) is 40.7 Å². The van der Waals surface area contributed by atoms with Crippen molar-refractivity contribution in [2.24, 2.45) is 0 Å². The molecule has 0 radical (unpaired) electrons. The Morgan fingerprint density at radius 1 is 1.09 bits per heavy atom. The van der Waals surface area contributed by atoms with Crippen molar-refractivity contribution < 1.29 is 9.47 Å². The number of halogens is 1. The number of fused-ring (bicyclic) bond motifs is 2. The molecule has 0 saturated carbocycles. The number of rotatable bonds is 4. The molecule has 3 heterocycles. The zero-order valence-electron chi connectivity index (χ0n) is 18.0. The smallest absolute Gasteiger partial charge is 0.195 e. The Labute approximate surface area is 190 Å². The van der Waals surface area contributed by atoms with Crippen molar-refractivity contribution in [1.29, 1.82) is 0 Å². The van der Waals surface area contributed by atoms with Crippen LogP contribution in [0.2, 0.25) is 5.15 Å². The first-order valence-electron chi connectivity index (χ1n) is 10.2. The second-order valence-corrected chi connectivity index (χ2v) is 8.15. The molecule has 1 aliphatic rings. The summed E-state index contributed by atoms with van der Waals surface area (Å²) in [6, 6.07) is 11.6. The zero-order chi connectivity index (χ0) is 22.4. The lowest BCUT2D eigenvalue weighted by Crippen LogP contribution is -2.34. The number of nitrogens with two attached hydrogens (primary N) is 1. The van der Waals surface area contributed by atoms with Crippen LogP contribution in [0.3, 0.4) is 0 Å². The van der Waals surface area contributed by atoms with Crippen molar-refractivity contribution >= 4 is 28.2 Å². The fraction of sp³-hybridized carbons (Fsp3) is 0.261. The summed E-state index contributed by atoms with van der Waals surface area (Å²) in [6.07, 6.45) is 2.79. The van der Waals surface area contributed by atoms with Crippen molar-refractivity contribution in [3.63, 3.8) is 0 Å². The summed E-state index contributed by atoms with van der Waals surface area (Å²) in [5.41, 5.74) is 9.94. The van der Waals surface area contributed by atoms with Gasteiger partial charge in [0.1, 0.15) is 11.5 Å². The molecule has 0 bridgehead atoms. The highest BCUT2D eigenvalue weighted by Gasteiger charge is 2.31. The molecular weight excluding hydrogens is 428 g/mol. The maximum Gasteiger partial charge on any atom is 0.195 e. The van der Waals surface area contributed by atoms with Gasteiger partial charge in [-0.2, -0.15) is 0 Å². The van der Waals surface area contributed by atoms with Gasteiger partial charge >= 0.3 is 0 Å². The van der Waals surface area contributed by atoms with Crippen LogP contribution in [0, 0.1) is 0 Å². The lowest BCUT2D eigenvalue weighted by molar-refractivity contribution is 0.253. The highest BCUT2D eigenvalue weighted by atomic mass is 35.5. The molecule has 9 heteroatoms. The summed E-state index contributed by atoms with van der Waals surface area (Å²) in [4.78, 5) is 7.06. The summed E-state index contributed by atoms with van der Waals surface area (Å²) in [6.45, 7) is 0.843. The van der Waals surface area contributed by atoms with Crippen LogP contribution in [-0.4, -0.2) is 52.5 Å². The van der Waals surface area contributed by atoms with Crippen LogP contribution < -0.4 is 15.2 Å². The van der Waals surface area contributed by atoms with Gasteiger partial charge < -0.3 is 15.2 Å². The van der Waals surface area contributed by atoms with E-state index in [4.69, 9.17) is 31.8 Å². The van der Waals surface area contributed by atoms with Crippen molar-refractivity contribution in [2.75, 3.05) is 33.5 Å². The normalized spacial score (nSPS) is 16.2. The Morgan fingerprint density at radius 2 is 1.91 bits per heavy atom. The lowest BCUT2D eigenvalue weighted by Gasteiger charge is -2.34. The van der Waals surface area contributed by atoms with Gasteiger partial charge in [0.15, 0.2) is 16.8 Å². The van der Waals surface area contributed by atoms with E-state index in [9.17, 15) is 0 Å². The topological polar surface area (TPSA) is 91.3 Å². The average molecular weight is 451 g/mol. The Morgan fingerprint density at radius 3 is 2.69 bits per heavy atom. The summed E-state index contributed by atoms with van der Waals surface area (Å²) in [5, 5.41) is 9.79. The molecule has 1 unspecified atom stereocenters. The standard InChI is InChI=1S/C23H23ClN6O2/c1-29-9-7-13-11-19(32-3)16(25)12-15(13)20(29)22-26-23(21(24)27-28-22)30-10-8-14-17(30)5-4-6-18(14)31-2/h4-6,8,10-12,20H,7,9,25H2,1-3H3. The number of nitrogens with zero attached hydrogens (tertiary/aromatic N) is 5. The van der Waals surface area contributed by atoms with Gasteiger partial charge in [-0.1, -0.05) is 17.7 Å². The Bertz CT molecular complexity index is 1320. The fourth-order valence-corrected chi connectivity index (χ4v) is 4.56. The molecule has 2 aromatic carbocycles. The number of hydrogen-bond donors (Lipinski definition) is 1. The largest absolute Gasteiger partial charge is 0.496 e. The van der Waals surface area contributed by atoms with Gasteiger partial charge in [0.05, 0.1) is 31.5 Å². The zero-order valence-corrected chi connectivity index (χ0v) is 18.8. The van der Waals surface area contributed by atoms with Gasteiger partial charge in [0, 0.05) is 18.1 Å². The molecular formula is C23H23ClN6O2. The number of hydrogen-bond acceptors (Lipinski definition) is 7. The Kier molecular flexibility index (Phi) is 5.11. The molecule has 8 nitrogen and oxygen atoms in total. The lowest BCUT2D eigenvalue weighted by atomic mass is 9.91. The first-order valence-corrected chi connectivity index (χ1v) is 10.6. The number of aromatic nitrogens is 4. The summed E-state index contributed by atoms with van der Waals surface area (Å²) in [5.74, 6) is 2.53. The van der Waals surface area contributed by atoms with E-state index >= 15 is 0 Å². The number of likely N-dealkylation sites (N-methyl/N-ethyl adjacent to an activating group) is 1. The van der Waals surface area contributed by atoms with Crippen molar-refractivity contribution in [3.8, 4) is 17.3 Å². The highest BCUT2D eigenvalue weighted by Crippen LogP contribution is 2.38. The van der Waals surface area contributed by atoms with Crippen LogP contribution in [0.1, 0.15) is 23.0 Å². The van der Waals surface area contributed by atoms with E-state index in [1.807, 2.05) is 54.2 Å². The summed E-state index contributed by atoms with van der Waals surface area (Å²) < 4.78 is 12.8. The van der Waals surface area contributed by atoms with Crippen LogP contribution >= 0.6 is 11.6 Å². The molecule has 1 aliphatic heterocycles. The number of benzene rings is 2. The van der Waals surface area contributed by atoms with E-state index in [1.54, 1.807) is 14.2 Å². The number of ether oxygens (including phenoxy) is 2. The third-order valence-corrected chi connectivity index (χ3v) is 6.24. The molecule has 0 spiro atoms. The number of methoxy groups -OCH3 is 2. The molecule has 0 saturated heterocycles. The molecule has 2 aromatic heterocycles. The van der Waals surface area contributed by atoms with Crippen molar-refractivity contribution in [1.82, 2.24) is 24.6 Å². The third-order valence-electron chi connectivity index (χ3n) is 5.99.